The Balaban J connectivity index is 0.00000261. The molecule has 0 bridgehead atoms. The second-order valence-electron chi connectivity index (χ2n) is 6.82. The van der Waals surface area contributed by atoms with Gasteiger partial charge in [-0.2, -0.15) is 0 Å². The predicted molar refractivity (Wildman–Crippen MR) is 127 cm³/mol. The third-order valence-corrected chi connectivity index (χ3v) is 6.03. The third-order valence-electron chi connectivity index (χ3n) is 4.89. The topological polar surface area (TPSA) is 52.6 Å². The van der Waals surface area contributed by atoms with Crippen molar-refractivity contribution in [3.05, 3.63) is 45.9 Å². The largest absolute Gasteiger partial charge is 0.371 e. The van der Waals surface area contributed by atoms with Gasteiger partial charge >= 0.3 is 0 Å². The standard InChI is InChI=1S/C20H29N5S.HI/c1-15-16(2)26-19(24-15)9-11-22-20(21-3)23-13-17-10-12-25(14-17)18-7-5-4-6-8-18;/h4-8,17H,9-14H2,1-3H3,(H2,21,22,23);1H. The van der Waals surface area contributed by atoms with Gasteiger partial charge in [-0.3, -0.25) is 4.99 Å². The molecule has 7 heteroatoms. The number of halogens is 1. The number of benzene rings is 1. The number of nitrogens with one attached hydrogen (secondary N) is 2. The molecule has 0 spiro atoms. The number of aliphatic imine (C=N–C) groups is 1. The highest BCUT2D eigenvalue weighted by Gasteiger charge is 2.22. The molecule has 1 aromatic carbocycles. The van der Waals surface area contributed by atoms with Crippen LogP contribution in [0.5, 0.6) is 0 Å². The van der Waals surface area contributed by atoms with Crippen molar-refractivity contribution in [1.82, 2.24) is 15.6 Å². The van der Waals surface area contributed by atoms with E-state index in [1.54, 1.807) is 11.3 Å². The summed E-state index contributed by atoms with van der Waals surface area (Å²) in [7, 11) is 1.83. The van der Waals surface area contributed by atoms with Crippen LogP contribution in [0.25, 0.3) is 0 Å². The van der Waals surface area contributed by atoms with Gasteiger partial charge in [0.15, 0.2) is 5.96 Å². The third kappa shape index (κ3) is 6.34. The summed E-state index contributed by atoms with van der Waals surface area (Å²) in [5, 5.41) is 8.08. The first kappa shape index (κ1) is 21.9. The Kier molecular flexibility index (Phi) is 8.82. The van der Waals surface area contributed by atoms with Crippen molar-refractivity contribution >= 4 is 47.0 Å². The highest BCUT2D eigenvalue weighted by atomic mass is 127. The number of hydrogen-bond donors (Lipinski definition) is 2. The Labute approximate surface area is 183 Å². The van der Waals surface area contributed by atoms with Crippen molar-refractivity contribution in [2.75, 3.05) is 38.1 Å². The van der Waals surface area contributed by atoms with Crippen LogP contribution in [0.2, 0.25) is 0 Å². The lowest BCUT2D eigenvalue weighted by molar-refractivity contribution is 0.566. The molecule has 0 amide bonds. The normalized spacial score (nSPS) is 16.9. The van der Waals surface area contributed by atoms with Gasteiger partial charge in [0.25, 0.3) is 0 Å². The van der Waals surface area contributed by atoms with Crippen LogP contribution in [0.3, 0.4) is 0 Å². The van der Waals surface area contributed by atoms with E-state index < -0.39 is 0 Å². The van der Waals surface area contributed by atoms with Crippen LogP contribution < -0.4 is 15.5 Å². The molecule has 148 valence electrons. The average Bonchev–Trinajstić information content (AvgIpc) is 3.25. The van der Waals surface area contributed by atoms with Crippen LogP contribution in [0.4, 0.5) is 5.69 Å². The summed E-state index contributed by atoms with van der Waals surface area (Å²) < 4.78 is 0. The molecule has 1 fully saturated rings. The maximum Gasteiger partial charge on any atom is 0.191 e. The number of aryl methyl sites for hydroxylation is 2. The molecule has 27 heavy (non-hydrogen) atoms. The Morgan fingerprint density at radius 2 is 2.04 bits per heavy atom. The van der Waals surface area contributed by atoms with Gasteiger partial charge in [-0.25, -0.2) is 4.98 Å². The molecule has 0 aliphatic carbocycles. The molecular formula is C20H30IN5S. The highest BCUT2D eigenvalue weighted by Crippen LogP contribution is 2.22. The lowest BCUT2D eigenvalue weighted by Crippen LogP contribution is -2.41. The number of hydrogen-bond acceptors (Lipinski definition) is 4. The molecule has 1 aromatic heterocycles. The molecule has 0 saturated carbocycles. The molecule has 2 N–H and O–H groups in total. The Hall–Kier alpha value is -1.35. The van der Waals surface area contributed by atoms with Gasteiger partial charge in [-0.15, -0.1) is 35.3 Å². The van der Waals surface area contributed by atoms with Crippen molar-refractivity contribution in [2.45, 2.75) is 26.7 Å². The number of aromatic nitrogens is 1. The Morgan fingerprint density at radius 3 is 2.70 bits per heavy atom. The fourth-order valence-corrected chi connectivity index (χ4v) is 4.20. The Morgan fingerprint density at radius 1 is 1.26 bits per heavy atom. The van der Waals surface area contributed by atoms with Crippen LogP contribution in [-0.2, 0) is 6.42 Å². The van der Waals surface area contributed by atoms with Gasteiger partial charge in [0.2, 0.25) is 0 Å². The quantitative estimate of drug-likeness (QED) is 0.362. The maximum absolute atomic E-state index is 4.59. The van der Waals surface area contributed by atoms with Crippen LogP contribution in [-0.4, -0.2) is 44.2 Å². The van der Waals surface area contributed by atoms with E-state index in [2.05, 4.69) is 69.7 Å². The summed E-state index contributed by atoms with van der Waals surface area (Å²) >= 11 is 1.79. The molecule has 1 saturated heterocycles. The average molecular weight is 499 g/mol. The summed E-state index contributed by atoms with van der Waals surface area (Å²) in [6, 6.07) is 10.7. The van der Waals surface area contributed by atoms with Crippen LogP contribution in [0.1, 0.15) is 22.0 Å². The molecule has 5 nitrogen and oxygen atoms in total. The second-order valence-corrected chi connectivity index (χ2v) is 8.10. The van der Waals surface area contributed by atoms with Crippen molar-refractivity contribution in [2.24, 2.45) is 10.9 Å². The van der Waals surface area contributed by atoms with Crippen LogP contribution >= 0.6 is 35.3 Å². The lowest BCUT2D eigenvalue weighted by Gasteiger charge is -2.19. The van der Waals surface area contributed by atoms with Crippen molar-refractivity contribution in [3.8, 4) is 0 Å². The molecule has 1 unspecified atom stereocenters. The minimum Gasteiger partial charge on any atom is -0.371 e. The summed E-state index contributed by atoms with van der Waals surface area (Å²) in [4.78, 5) is 12.7. The number of rotatable bonds is 6. The summed E-state index contributed by atoms with van der Waals surface area (Å²) in [5.74, 6) is 1.53. The first-order valence-corrected chi connectivity index (χ1v) is 10.1. The van der Waals surface area contributed by atoms with Gasteiger partial charge in [0.05, 0.1) is 10.7 Å². The van der Waals surface area contributed by atoms with E-state index in [1.807, 2.05) is 7.05 Å². The zero-order valence-electron chi connectivity index (χ0n) is 16.4. The van der Waals surface area contributed by atoms with Gasteiger partial charge in [-0.05, 0) is 38.3 Å². The number of anilines is 1. The first-order valence-electron chi connectivity index (χ1n) is 9.33. The van der Waals surface area contributed by atoms with E-state index in [4.69, 9.17) is 0 Å². The number of nitrogens with zero attached hydrogens (tertiary/aromatic N) is 3. The van der Waals surface area contributed by atoms with E-state index in [-0.39, 0.29) is 24.0 Å². The Bertz CT molecular complexity index is 712. The zero-order chi connectivity index (χ0) is 18.4. The van der Waals surface area contributed by atoms with Crippen LogP contribution in [0.15, 0.2) is 35.3 Å². The van der Waals surface area contributed by atoms with Crippen molar-refractivity contribution < 1.29 is 0 Å². The fourth-order valence-electron chi connectivity index (χ4n) is 3.27. The molecular weight excluding hydrogens is 469 g/mol. The monoisotopic (exact) mass is 499 g/mol. The van der Waals surface area contributed by atoms with Gasteiger partial charge in [-0.1, -0.05) is 18.2 Å². The molecule has 1 aliphatic rings. The van der Waals surface area contributed by atoms with Crippen LogP contribution in [0, 0.1) is 19.8 Å². The summed E-state index contributed by atoms with van der Waals surface area (Å²) in [6.45, 7) is 8.25. The van der Waals surface area contributed by atoms with Crippen molar-refractivity contribution in [3.63, 3.8) is 0 Å². The highest BCUT2D eigenvalue weighted by molar-refractivity contribution is 14.0. The van der Waals surface area contributed by atoms with Gasteiger partial charge in [0, 0.05) is 50.2 Å². The fraction of sp³-hybridized carbons (Fsp3) is 0.500. The van der Waals surface area contributed by atoms with Gasteiger partial charge < -0.3 is 15.5 Å². The predicted octanol–water partition coefficient (Wildman–Crippen LogP) is 3.61. The van der Waals surface area contributed by atoms with Gasteiger partial charge in [0.1, 0.15) is 0 Å². The van der Waals surface area contributed by atoms with E-state index in [0.717, 1.165) is 44.3 Å². The lowest BCUT2D eigenvalue weighted by atomic mass is 10.1. The number of thiazole rings is 1. The van der Waals surface area contributed by atoms with E-state index in [0.29, 0.717) is 5.92 Å². The first-order chi connectivity index (χ1) is 12.7. The number of para-hydroxylation sites is 1. The summed E-state index contributed by atoms with van der Waals surface area (Å²) in [6.07, 6.45) is 2.15. The van der Waals surface area contributed by atoms with Crippen molar-refractivity contribution in [1.29, 1.82) is 0 Å². The molecule has 2 heterocycles. The van der Waals surface area contributed by atoms with E-state index >= 15 is 0 Å². The molecule has 1 atom stereocenters. The van der Waals surface area contributed by atoms with E-state index in [9.17, 15) is 0 Å². The zero-order valence-corrected chi connectivity index (χ0v) is 19.5. The molecule has 1 aliphatic heterocycles. The summed E-state index contributed by atoms with van der Waals surface area (Å²) in [5.41, 5.74) is 2.48. The minimum atomic E-state index is 0. The molecule has 2 aromatic rings. The smallest absolute Gasteiger partial charge is 0.191 e. The second kappa shape index (κ2) is 10.8. The molecule has 0 radical (unpaired) electrons. The maximum atomic E-state index is 4.59. The SMILES string of the molecule is CN=C(NCCc1nc(C)c(C)s1)NCC1CCN(c2ccccc2)C1.I. The molecule has 3 rings (SSSR count). The number of guanidine groups is 1. The minimum absolute atomic E-state index is 0. The van der Waals surface area contributed by atoms with E-state index in [1.165, 1.54) is 22.0 Å².